The van der Waals surface area contributed by atoms with Crippen LogP contribution in [-0.4, -0.2) is 38.2 Å². The van der Waals surface area contributed by atoms with Gasteiger partial charge in [0, 0.05) is 69.2 Å². The van der Waals surface area contributed by atoms with Crippen LogP contribution in [0.4, 0.5) is 20.2 Å². The molecule has 0 unspecified atom stereocenters. The average Bonchev–Trinajstić information content (AvgIpc) is 2.62. The maximum atomic E-state index is 14.4. The second-order valence-electron chi connectivity index (χ2n) is 6.40. The Morgan fingerprint density at radius 3 is 1.46 bits per heavy atom. The molecular formula is C20H20F2N4. The smallest absolute Gasteiger partial charge is 0.135 e. The van der Waals surface area contributed by atoms with Crippen LogP contribution in [0.25, 0.3) is 22.5 Å². The van der Waals surface area contributed by atoms with Crippen molar-refractivity contribution in [2.24, 2.45) is 0 Å². The zero-order valence-electron chi connectivity index (χ0n) is 15.2. The Hall–Kier alpha value is -3.02. The van der Waals surface area contributed by atoms with Crippen molar-refractivity contribution in [3.8, 4) is 22.5 Å². The summed E-state index contributed by atoms with van der Waals surface area (Å²) in [4.78, 5) is 12.3. The second kappa shape index (κ2) is 7.07. The zero-order valence-corrected chi connectivity index (χ0v) is 15.2. The van der Waals surface area contributed by atoms with Crippen molar-refractivity contribution in [3.63, 3.8) is 0 Å². The highest BCUT2D eigenvalue weighted by molar-refractivity contribution is 5.73. The Balaban J connectivity index is 2.14. The summed E-state index contributed by atoms with van der Waals surface area (Å²) in [6.45, 7) is 0. The summed E-state index contributed by atoms with van der Waals surface area (Å²) in [6.07, 6.45) is 3.22. The van der Waals surface area contributed by atoms with Crippen LogP contribution in [0.2, 0.25) is 0 Å². The van der Waals surface area contributed by atoms with Gasteiger partial charge < -0.3 is 9.80 Å². The molecule has 0 spiro atoms. The van der Waals surface area contributed by atoms with E-state index >= 15 is 0 Å². The fourth-order valence-corrected chi connectivity index (χ4v) is 2.63. The van der Waals surface area contributed by atoms with E-state index in [-0.39, 0.29) is 11.1 Å². The van der Waals surface area contributed by atoms with Crippen LogP contribution in [0.1, 0.15) is 0 Å². The van der Waals surface area contributed by atoms with Gasteiger partial charge in [0.1, 0.15) is 11.6 Å². The third kappa shape index (κ3) is 3.49. The monoisotopic (exact) mass is 354 g/mol. The maximum absolute atomic E-state index is 14.4. The lowest BCUT2D eigenvalue weighted by Crippen LogP contribution is -2.09. The van der Waals surface area contributed by atoms with Gasteiger partial charge in [-0.2, -0.15) is 0 Å². The van der Waals surface area contributed by atoms with Crippen molar-refractivity contribution >= 4 is 11.4 Å². The fraction of sp³-hybridized carbons (Fsp3) is 0.200. The quantitative estimate of drug-likeness (QED) is 0.702. The largest absolute Gasteiger partial charge is 0.378 e. The number of hydrogen-bond donors (Lipinski definition) is 0. The zero-order chi connectivity index (χ0) is 18.8. The SMILES string of the molecule is CN(C)c1ccnc(-c2cc(-c3cc(N(C)C)ccn3)c(F)cc2F)c1. The molecule has 0 aliphatic heterocycles. The third-order valence-electron chi connectivity index (χ3n) is 4.13. The molecule has 134 valence electrons. The normalized spacial score (nSPS) is 10.7. The number of hydrogen-bond acceptors (Lipinski definition) is 4. The molecule has 0 aliphatic carbocycles. The van der Waals surface area contributed by atoms with Gasteiger partial charge in [-0.3, -0.25) is 9.97 Å². The van der Waals surface area contributed by atoms with E-state index in [0.29, 0.717) is 11.4 Å². The first-order chi connectivity index (χ1) is 12.4. The summed E-state index contributed by atoms with van der Waals surface area (Å²) in [5.41, 5.74) is 3.13. The highest BCUT2D eigenvalue weighted by Crippen LogP contribution is 2.31. The van der Waals surface area contributed by atoms with Crippen LogP contribution >= 0.6 is 0 Å². The predicted molar refractivity (Wildman–Crippen MR) is 101 cm³/mol. The summed E-state index contributed by atoms with van der Waals surface area (Å²) < 4.78 is 28.9. The van der Waals surface area contributed by atoms with Crippen LogP contribution in [0.3, 0.4) is 0 Å². The highest BCUT2D eigenvalue weighted by Gasteiger charge is 2.16. The van der Waals surface area contributed by atoms with E-state index in [9.17, 15) is 8.78 Å². The Morgan fingerprint density at radius 2 is 1.08 bits per heavy atom. The first kappa shape index (κ1) is 17.8. The molecule has 0 saturated carbocycles. The van der Waals surface area contributed by atoms with Crippen molar-refractivity contribution in [1.82, 2.24) is 9.97 Å². The Morgan fingerprint density at radius 1 is 0.654 bits per heavy atom. The standard InChI is InChI=1S/C20H20F2N4/c1-25(2)13-5-7-23-19(9-13)15-11-16(18(22)12-17(15)21)20-10-14(26(3)4)6-8-24-20/h5-12H,1-4H3. The minimum absolute atomic E-state index is 0.238. The molecule has 0 atom stereocenters. The molecule has 0 fully saturated rings. The van der Waals surface area contributed by atoms with Gasteiger partial charge in [0.15, 0.2) is 0 Å². The first-order valence-corrected chi connectivity index (χ1v) is 8.13. The summed E-state index contributed by atoms with van der Waals surface area (Å²) in [6, 6.07) is 9.54. The van der Waals surface area contributed by atoms with Crippen molar-refractivity contribution in [3.05, 3.63) is 60.4 Å². The molecule has 3 aromatic rings. The van der Waals surface area contributed by atoms with Crippen LogP contribution in [0, 0.1) is 11.6 Å². The second-order valence-corrected chi connectivity index (χ2v) is 6.40. The summed E-state index contributed by atoms with van der Waals surface area (Å²) in [7, 11) is 7.56. The molecule has 3 rings (SSSR count). The van der Waals surface area contributed by atoms with E-state index in [0.717, 1.165) is 17.4 Å². The third-order valence-corrected chi connectivity index (χ3v) is 4.13. The van der Waals surface area contributed by atoms with E-state index in [1.807, 2.05) is 50.1 Å². The van der Waals surface area contributed by atoms with Gasteiger partial charge in [0.05, 0.1) is 11.4 Å². The molecule has 2 heterocycles. The molecule has 0 radical (unpaired) electrons. The maximum Gasteiger partial charge on any atom is 0.135 e. The van der Waals surface area contributed by atoms with E-state index in [1.165, 1.54) is 6.07 Å². The minimum Gasteiger partial charge on any atom is -0.378 e. The van der Waals surface area contributed by atoms with Crippen molar-refractivity contribution in [2.75, 3.05) is 38.0 Å². The Bertz CT molecular complexity index is 866. The fourth-order valence-electron chi connectivity index (χ4n) is 2.63. The lowest BCUT2D eigenvalue weighted by molar-refractivity contribution is 0.587. The first-order valence-electron chi connectivity index (χ1n) is 8.13. The summed E-state index contributed by atoms with van der Waals surface area (Å²) in [5.74, 6) is -1.31. The lowest BCUT2D eigenvalue weighted by Gasteiger charge is -2.15. The van der Waals surface area contributed by atoms with Gasteiger partial charge in [-0.15, -0.1) is 0 Å². The molecule has 0 N–H and O–H groups in total. The van der Waals surface area contributed by atoms with E-state index < -0.39 is 11.6 Å². The summed E-state index contributed by atoms with van der Waals surface area (Å²) >= 11 is 0. The Kier molecular flexibility index (Phi) is 4.84. The number of benzene rings is 1. The molecule has 2 aromatic heterocycles. The van der Waals surface area contributed by atoms with Gasteiger partial charge in [-0.25, -0.2) is 8.78 Å². The van der Waals surface area contributed by atoms with Crippen LogP contribution in [0.15, 0.2) is 48.8 Å². The lowest BCUT2D eigenvalue weighted by atomic mass is 10.0. The van der Waals surface area contributed by atoms with E-state index in [1.54, 1.807) is 24.5 Å². The molecule has 0 amide bonds. The van der Waals surface area contributed by atoms with E-state index in [2.05, 4.69) is 9.97 Å². The van der Waals surface area contributed by atoms with Crippen LogP contribution < -0.4 is 9.80 Å². The predicted octanol–water partition coefficient (Wildman–Crippen LogP) is 4.22. The highest BCUT2D eigenvalue weighted by atomic mass is 19.1. The molecule has 4 nitrogen and oxygen atoms in total. The topological polar surface area (TPSA) is 32.3 Å². The van der Waals surface area contributed by atoms with Crippen molar-refractivity contribution in [2.45, 2.75) is 0 Å². The molecule has 6 heteroatoms. The molecular weight excluding hydrogens is 334 g/mol. The number of anilines is 2. The van der Waals surface area contributed by atoms with Gasteiger partial charge >= 0.3 is 0 Å². The number of pyridine rings is 2. The summed E-state index contributed by atoms with van der Waals surface area (Å²) in [5, 5.41) is 0. The molecule has 26 heavy (non-hydrogen) atoms. The minimum atomic E-state index is -0.654. The Labute approximate surface area is 151 Å². The number of aromatic nitrogens is 2. The molecule has 0 saturated heterocycles. The van der Waals surface area contributed by atoms with Gasteiger partial charge in [-0.05, 0) is 30.3 Å². The molecule has 0 aliphatic rings. The van der Waals surface area contributed by atoms with Crippen molar-refractivity contribution < 1.29 is 8.78 Å². The van der Waals surface area contributed by atoms with Crippen LogP contribution in [0.5, 0.6) is 0 Å². The number of rotatable bonds is 4. The van der Waals surface area contributed by atoms with Gasteiger partial charge in [0.25, 0.3) is 0 Å². The molecule has 1 aromatic carbocycles. The van der Waals surface area contributed by atoms with Crippen molar-refractivity contribution in [1.29, 1.82) is 0 Å². The van der Waals surface area contributed by atoms with Gasteiger partial charge in [0.2, 0.25) is 0 Å². The van der Waals surface area contributed by atoms with Crippen LogP contribution in [-0.2, 0) is 0 Å². The number of nitrogens with zero attached hydrogens (tertiary/aromatic N) is 4. The van der Waals surface area contributed by atoms with Gasteiger partial charge in [-0.1, -0.05) is 0 Å². The average molecular weight is 354 g/mol. The molecule has 0 bridgehead atoms. The number of halogens is 2. The van der Waals surface area contributed by atoms with E-state index in [4.69, 9.17) is 0 Å².